The molecular formula is C27H30N2O4. The number of fused-ring (bicyclic) bond motifs is 1. The van der Waals surface area contributed by atoms with E-state index in [2.05, 4.69) is 23.5 Å². The molecule has 1 aliphatic carbocycles. The molecule has 0 aromatic heterocycles. The van der Waals surface area contributed by atoms with Crippen molar-refractivity contribution in [3.05, 3.63) is 59.7 Å². The molecule has 172 valence electrons. The molecule has 1 aliphatic rings. The molecule has 1 fully saturated rings. The Bertz CT molecular complexity index is 1180. The summed E-state index contributed by atoms with van der Waals surface area (Å²) in [5.74, 6) is 0.204. The van der Waals surface area contributed by atoms with Crippen LogP contribution in [0.25, 0.3) is 21.9 Å². The van der Waals surface area contributed by atoms with Gasteiger partial charge in [-0.1, -0.05) is 43.2 Å². The first-order valence-electron chi connectivity index (χ1n) is 11.5. The predicted octanol–water partition coefficient (Wildman–Crippen LogP) is 5.09. The SMILES string of the molecule is COc1c(CCC(=O)O)ccc(C2CCCC2)c1-c1ccc2cc(NC(=O)CN)ccc2c1. The van der Waals surface area contributed by atoms with Crippen molar-refractivity contribution in [1.29, 1.82) is 0 Å². The molecule has 0 atom stereocenters. The van der Waals surface area contributed by atoms with Gasteiger partial charge in [0.2, 0.25) is 5.91 Å². The van der Waals surface area contributed by atoms with Gasteiger partial charge in [-0.05, 0) is 70.8 Å². The fourth-order valence-electron chi connectivity index (χ4n) is 4.88. The van der Waals surface area contributed by atoms with Crippen molar-refractivity contribution in [2.24, 2.45) is 5.73 Å². The minimum Gasteiger partial charge on any atom is -0.496 e. The van der Waals surface area contributed by atoms with E-state index in [0.29, 0.717) is 18.0 Å². The second-order valence-electron chi connectivity index (χ2n) is 8.63. The van der Waals surface area contributed by atoms with Crippen molar-refractivity contribution < 1.29 is 19.4 Å². The lowest BCUT2D eigenvalue weighted by atomic mass is 9.86. The van der Waals surface area contributed by atoms with Crippen LogP contribution in [0.5, 0.6) is 5.75 Å². The summed E-state index contributed by atoms with van der Waals surface area (Å²) >= 11 is 0. The molecule has 6 nitrogen and oxygen atoms in total. The number of benzene rings is 3. The number of rotatable bonds is 8. The van der Waals surface area contributed by atoms with Gasteiger partial charge in [0.05, 0.1) is 13.7 Å². The Kier molecular flexibility index (Phi) is 6.94. The van der Waals surface area contributed by atoms with Crippen LogP contribution in [-0.4, -0.2) is 30.6 Å². The van der Waals surface area contributed by atoms with Gasteiger partial charge in [0.1, 0.15) is 5.75 Å². The highest BCUT2D eigenvalue weighted by Gasteiger charge is 2.25. The number of ether oxygens (including phenoxy) is 1. The first kappa shape index (κ1) is 22.8. The number of hydrogen-bond acceptors (Lipinski definition) is 4. The number of nitrogens with one attached hydrogen (secondary N) is 1. The predicted molar refractivity (Wildman–Crippen MR) is 131 cm³/mol. The van der Waals surface area contributed by atoms with Crippen molar-refractivity contribution in [2.75, 3.05) is 19.0 Å². The molecule has 0 spiro atoms. The van der Waals surface area contributed by atoms with E-state index in [4.69, 9.17) is 10.5 Å². The highest BCUT2D eigenvalue weighted by molar-refractivity contribution is 5.96. The smallest absolute Gasteiger partial charge is 0.303 e. The topological polar surface area (TPSA) is 102 Å². The van der Waals surface area contributed by atoms with Crippen LogP contribution >= 0.6 is 0 Å². The van der Waals surface area contributed by atoms with Gasteiger partial charge in [-0.2, -0.15) is 0 Å². The van der Waals surface area contributed by atoms with E-state index in [1.165, 1.54) is 18.4 Å². The molecule has 1 saturated carbocycles. The highest BCUT2D eigenvalue weighted by Crippen LogP contribution is 2.45. The summed E-state index contributed by atoms with van der Waals surface area (Å²) in [6.07, 6.45) is 5.25. The average Bonchev–Trinajstić information content (AvgIpc) is 3.36. The Balaban J connectivity index is 1.80. The van der Waals surface area contributed by atoms with Crippen molar-refractivity contribution in [3.63, 3.8) is 0 Å². The number of anilines is 1. The molecular weight excluding hydrogens is 416 g/mol. The van der Waals surface area contributed by atoms with Crippen molar-refractivity contribution >= 4 is 28.3 Å². The quantitative estimate of drug-likeness (QED) is 0.447. The largest absolute Gasteiger partial charge is 0.496 e. The number of nitrogens with two attached hydrogens (primary N) is 1. The number of carboxylic acid groups (broad SMARTS) is 1. The molecule has 4 N–H and O–H groups in total. The molecule has 33 heavy (non-hydrogen) atoms. The monoisotopic (exact) mass is 446 g/mol. The van der Waals surface area contributed by atoms with Crippen LogP contribution in [0.4, 0.5) is 5.69 Å². The minimum atomic E-state index is -0.818. The van der Waals surface area contributed by atoms with Crippen LogP contribution in [0.3, 0.4) is 0 Å². The normalized spacial score (nSPS) is 13.9. The standard InChI is InChI=1S/C27H30N2O4/c1-33-27-18(10-13-25(31)32)9-12-23(17-4-2-3-5-17)26(27)21-7-6-20-15-22(29-24(30)16-28)11-8-19(20)14-21/h6-9,11-12,14-15,17H,2-5,10,13,16,28H2,1H3,(H,29,30)(H,31,32). The zero-order valence-corrected chi connectivity index (χ0v) is 18.9. The van der Waals surface area contributed by atoms with E-state index in [1.54, 1.807) is 7.11 Å². The van der Waals surface area contributed by atoms with Crippen LogP contribution < -0.4 is 15.8 Å². The lowest BCUT2D eigenvalue weighted by molar-refractivity contribution is -0.137. The number of methoxy groups -OCH3 is 1. The van der Waals surface area contributed by atoms with E-state index in [-0.39, 0.29) is 18.9 Å². The Morgan fingerprint density at radius 1 is 1.06 bits per heavy atom. The van der Waals surface area contributed by atoms with E-state index in [1.807, 2.05) is 30.3 Å². The Hall–Kier alpha value is -3.38. The van der Waals surface area contributed by atoms with E-state index in [0.717, 1.165) is 46.1 Å². The summed E-state index contributed by atoms with van der Waals surface area (Å²) in [6, 6.07) is 16.3. The zero-order chi connectivity index (χ0) is 23.4. The van der Waals surface area contributed by atoms with E-state index in [9.17, 15) is 14.7 Å². The summed E-state index contributed by atoms with van der Waals surface area (Å²) in [4.78, 5) is 22.8. The van der Waals surface area contributed by atoms with Crippen molar-refractivity contribution in [1.82, 2.24) is 0 Å². The number of aliphatic carboxylic acids is 1. The molecule has 0 radical (unpaired) electrons. The van der Waals surface area contributed by atoms with Gasteiger partial charge < -0.3 is 20.9 Å². The fourth-order valence-corrected chi connectivity index (χ4v) is 4.88. The van der Waals surface area contributed by atoms with Crippen LogP contribution in [0.15, 0.2) is 48.5 Å². The van der Waals surface area contributed by atoms with Crippen molar-refractivity contribution in [2.45, 2.75) is 44.4 Å². The molecule has 0 aliphatic heterocycles. The molecule has 0 bridgehead atoms. The number of carbonyl (C=O) groups excluding carboxylic acids is 1. The van der Waals surface area contributed by atoms with Gasteiger partial charge >= 0.3 is 5.97 Å². The van der Waals surface area contributed by atoms with Crippen molar-refractivity contribution in [3.8, 4) is 16.9 Å². The highest BCUT2D eigenvalue weighted by atomic mass is 16.5. The van der Waals surface area contributed by atoms with Crippen LogP contribution in [0.2, 0.25) is 0 Å². The molecule has 0 heterocycles. The number of carboxylic acids is 1. The summed E-state index contributed by atoms with van der Waals surface area (Å²) in [7, 11) is 1.66. The van der Waals surface area contributed by atoms with Gasteiger partial charge in [0.25, 0.3) is 0 Å². The first-order chi connectivity index (χ1) is 16.0. The third-order valence-electron chi connectivity index (χ3n) is 6.48. The van der Waals surface area contributed by atoms with E-state index >= 15 is 0 Å². The molecule has 3 aromatic carbocycles. The molecule has 0 saturated heterocycles. The fraction of sp³-hybridized carbons (Fsp3) is 0.333. The minimum absolute atomic E-state index is 0.0566. The van der Waals surface area contributed by atoms with Crippen LogP contribution in [0.1, 0.15) is 49.1 Å². The Labute approximate surface area is 193 Å². The van der Waals surface area contributed by atoms with Gasteiger partial charge in [-0.15, -0.1) is 0 Å². The lowest BCUT2D eigenvalue weighted by Crippen LogP contribution is -2.21. The van der Waals surface area contributed by atoms with Gasteiger partial charge in [-0.25, -0.2) is 0 Å². The van der Waals surface area contributed by atoms with Gasteiger partial charge in [-0.3, -0.25) is 9.59 Å². The summed E-state index contributed by atoms with van der Waals surface area (Å²) in [5.41, 5.74) is 10.4. The Morgan fingerprint density at radius 3 is 2.48 bits per heavy atom. The van der Waals surface area contributed by atoms with Gasteiger partial charge in [0.15, 0.2) is 0 Å². The number of hydrogen-bond donors (Lipinski definition) is 3. The zero-order valence-electron chi connectivity index (χ0n) is 18.9. The number of aryl methyl sites for hydroxylation is 1. The molecule has 4 rings (SSSR count). The Morgan fingerprint density at radius 2 is 1.79 bits per heavy atom. The first-order valence-corrected chi connectivity index (χ1v) is 11.5. The molecule has 3 aromatic rings. The molecule has 1 amide bonds. The number of carbonyl (C=O) groups is 2. The summed E-state index contributed by atoms with van der Waals surface area (Å²) in [6.45, 7) is -0.0566. The number of amides is 1. The van der Waals surface area contributed by atoms with E-state index < -0.39 is 5.97 Å². The summed E-state index contributed by atoms with van der Waals surface area (Å²) in [5, 5.41) is 14.0. The van der Waals surface area contributed by atoms with Crippen LogP contribution in [0, 0.1) is 0 Å². The van der Waals surface area contributed by atoms with Gasteiger partial charge in [0, 0.05) is 17.7 Å². The second kappa shape index (κ2) is 10.0. The molecule has 0 unspecified atom stereocenters. The molecule has 6 heteroatoms. The summed E-state index contributed by atoms with van der Waals surface area (Å²) < 4.78 is 5.90. The maximum absolute atomic E-state index is 11.6. The lowest BCUT2D eigenvalue weighted by Gasteiger charge is -2.22. The second-order valence-corrected chi connectivity index (χ2v) is 8.63. The van der Waals surface area contributed by atoms with Crippen LogP contribution in [-0.2, 0) is 16.0 Å². The maximum Gasteiger partial charge on any atom is 0.303 e. The average molecular weight is 447 g/mol. The third kappa shape index (κ3) is 5.01. The maximum atomic E-state index is 11.6. The third-order valence-corrected chi connectivity index (χ3v) is 6.48.